The van der Waals surface area contributed by atoms with Crippen molar-refractivity contribution >= 4 is 11.5 Å². The maximum absolute atomic E-state index is 11.2. The Morgan fingerprint density at radius 1 is 1.29 bits per heavy atom. The Bertz CT molecular complexity index is 680. The summed E-state index contributed by atoms with van der Waals surface area (Å²) in [5, 5.41) is 19.8. The monoisotopic (exact) mass is 282 g/mol. The molecule has 6 nitrogen and oxygen atoms in total. The van der Waals surface area contributed by atoms with E-state index < -0.39 is 4.92 Å². The quantitative estimate of drug-likeness (QED) is 0.621. The molecule has 0 aliphatic heterocycles. The Hall–Kier alpha value is -2.94. The van der Waals surface area contributed by atoms with E-state index >= 15 is 0 Å². The lowest BCUT2D eigenvalue weighted by Crippen LogP contribution is -2.19. The molecule has 0 atom stereocenters. The van der Waals surface area contributed by atoms with Crippen LogP contribution in [0.25, 0.3) is 11.3 Å². The molecular formula is C15H14N4O2. The summed E-state index contributed by atoms with van der Waals surface area (Å²) in [6.45, 7) is 0.523. The van der Waals surface area contributed by atoms with Crippen LogP contribution in [-0.2, 0) is 0 Å². The van der Waals surface area contributed by atoms with Crippen LogP contribution in [0, 0.1) is 21.4 Å². The molecule has 0 saturated heterocycles. The van der Waals surface area contributed by atoms with Crippen molar-refractivity contribution in [2.45, 2.75) is 6.42 Å². The number of aromatic nitrogens is 1. The SMILES string of the molecule is CN(CCC#N)c1ccc([N+](=O)[O-])c(-c2ccccc2)n1. The lowest BCUT2D eigenvalue weighted by atomic mass is 10.1. The van der Waals surface area contributed by atoms with E-state index in [1.54, 1.807) is 30.1 Å². The number of nitro groups is 1. The van der Waals surface area contributed by atoms with Gasteiger partial charge in [0, 0.05) is 25.2 Å². The Labute approximate surface area is 122 Å². The number of rotatable bonds is 5. The fourth-order valence-corrected chi connectivity index (χ4v) is 1.94. The largest absolute Gasteiger partial charge is 0.359 e. The summed E-state index contributed by atoms with van der Waals surface area (Å²) < 4.78 is 0. The third-order valence-corrected chi connectivity index (χ3v) is 3.05. The molecule has 6 heteroatoms. The summed E-state index contributed by atoms with van der Waals surface area (Å²) in [5.74, 6) is 0.606. The molecule has 0 unspecified atom stereocenters. The molecule has 0 radical (unpaired) electrons. The third kappa shape index (κ3) is 3.34. The molecule has 0 bridgehead atoms. The van der Waals surface area contributed by atoms with Crippen LogP contribution < -0.4 is 4.90 Å². The van der Waals surface area contributed by atoms with Gasteiger partial charge >= 0.3 is 0 Å². The molecule has 106 valence electrons. The topological polar surface area (TPSA) is 83.1 Å². The van der Waals surface area contributed by atoms with Crippen molar-refractivity contribution in [3.8, 4) is 17.3 Å². The third-order valence-electron chi connectivity index (χ3n) is 3.05. The maximum atomic E-state index is 11.2. The molecule has 0 spiro atoms. The van der Waals surface area contributed by atoms with Gasteiger partial charge in [0.05, 0.1) is 17.4 Å². The van der Waals surface area contributed by atoms with E-state index in [1.165, 1.54) is 6.07 Å². The molecule has 1 aromatic heterocycles. The number of hydrogen-bond acceptors (Lipinski definition) is 5. The van der Waals surface area contributed by atoms with Crippen molar-refractivity contribution in [2.75, 3.05) is 18.5 Å². The van der Waals surface area contributed by atoms with Gasteiger partial charge in [0.15, 0.2) is 5.69 Å². The van der Waals surface area contributed by atoms with Gasteiger partial charge in [0.25, 0.3) is 5.69 Å². The number of benzene rings is 1. The molecule has 0 fully saturated rings. The van der Waals surface area contributed by atoms with Gasteiger partial charge in [-0.15, -0.1) is 0 Å². The Kier molecular flexibility index (Phi) is 4.46. The molecular weight excluding hydrogens is 268 g/mol. The number of hydrogen-bond donors (Lipinski definition) is 0. The van der Waals surface area contributed by atoms with Crippen LogP contribution in [0.2, 0.25) is 0 Å². The number of nitrogens with zero attached hydrogens (tertiary/aromatic N) is 4. The number of anilines is 1. The lowest BCUT2D eigenvalue weighted by molar-refractivity contribution is -0.384. The van der Waals surface area contributed by atoms with Crippen molar-refractivity contribution < 1.29 is 4.92 Å². The minimum Gasteiger partial charge on any atom is -0.359 e. The smallest absolute Gasteiger partial charge is 0.295 e. The second-order valence-electron chi connectivity index (χ2n) is 4.49. The number of nitriles is 1. The van der Waals surface area contributed by atoms with Crippen molar-refractivity contribution in [1.29, 1.82) is 5.26 Å². The fraction of sp³-hybridized carbons (Fsp3) is 0.200. The van der Waals surface area contributed by atoms with Crippen LogP contribution in [0.15, 0.2) is 42.5 Å². The van der Waals surface area contributed by atoms with Crippen molar-refractivity contribution in [1.82, 2.24) is 4.98 Å². The minimum atomic E-state index is -0.436. The number of pyridine rings is 1. The second kappa shape index (κ2) is 6.48. The van der Waals surface area contributed by atoms with E-state index in [9.17, 15) is 10.1 Å². The summed E-state index contributed by atoms with van der Waals surface area (Å²) >= 11 is 0. The van der Waals surface area contributed by atoms with Gasteiger partial charge in [0.2, 0.25) is 0 Å². The van der Waals surface area contributed by atoms with Gasteiger partial charge in [-0.05, 0) is 6.07 Å². The molecule has 1 aromatic carbocycles. The van der Waals surface area contributed by atoms with E-state index in [0.717, 1.165) is 0 Å². The summed E-state index contributed by atoms with van der Waals surface area (Å²) in [6, 6.07) is 14.2. The van der Waals surface area contributed by atoms with Crippen molar-refractivity contribution in [2.24, 2.45) is 0 Å². The summed E-state index contributed by atoms with van der Waals surface area (Å²) in [5.41, 5.74) is 1.00. The maximum Gasteiger partial charge on any atom is 0.295 e. The molecule has 21 heavy (non-hydrogen) atoms. The molecule has 1 heterocycles. The Balaban J connectivity index is 2.45. The fourth-order valence-electron chi connectivity index (χ4n) is 1.94. The highest BCUT2D eigenvalue weighted by Crippen LogP contribution is 2.29. The van der Waals surface area contributed by atoms with Crippen LogP contribution >= 0.6 is 0 Å². The van der Waals surface area contributed by atoms with Gasteiger partial charge in [-0.1, -0.05) is 30.3 Å². The first kappa shape index (κ1) is 14.5. The Morgan fingerprint density at radius 3 is 2.62 bits per heavy atom. The van der Waals surface area contributed by atoms with Crippen molar-refractivity contribution in [3.63, 3.8) is 0 Å². The van der Waals surface area contributed by atoms with Gasteiger partial charge in [-0.2, -0.15) is 5.26 Å². The van der Waals surface area contributed by atoms with Crippen LogP contribution in [0.4, 0.5) is 11.5 Å². The highest BCUT2D eigenvalue weighted by molar-refractivity contribution is 5.71. The van der Waals surface area contributed by atoms with E-state index in [2.05, 4.69) is 11.1 Å². The first-order valence-corrected chi connectivity index (χ1v) is 6.42. The van der Waals surface area contributed by atoms with Gasteiger partial charge in [-0.25, -0.2) is 4.98 Å². The zero-order chi connectivity index (χ0) is 15.2. The first-order chi connectivity index (χ1) is 10.1. The first-order valence-electron chi connectivity index (χ1n) is 6.42. The second-order valence-corrected chi connectivity index (χ2v) is 4.49. The summed E-state index contributed by atoms with van der Waals surface area (Å²) in [4.78, 5) is 16.9. The average molecular weight is 282 g/mol. The highest BCUT2D eigenvalue weighted by Gasteiger charge is 2.18. The molecule has 0 aliphatic rings. The molecule has 0 N–H and O–H groups in total. The standard InChI is InChI=1S/C15H14N4O2/c1-18(11-5-10-16)14-9-8-13(19(20)21)15(17-14)12-6-3-2-4-7-12/h2-4,6-9H,5,11H2,1H3. The zero-order valence-electron chi connectivity index (χ0n) is 11.6. The van der Waals surface area contributed by atoms with E-state index in [0.29, 0.717) is 30.0 Å². The predicted octanol–water partition coefficient (Wildman–Crippen LogP) is 3.01. The van der Waals surface area contributed by atoms with Crippen LogP contribution in [0.3, 0.4) is 0 Å². The molecule has 0 aliphatic carbocycles. The predicted molar refractivity (Wildman–Crippen MR) is 79.8 cm³/mol. The van der Waals surface area contributed by atoms with E-state index in [4.69, 9.17) is 5.26 Å². The van der Waals surface area contributed by atoms with Crippen LogP contribution in [0.1, 0.15) is 6.42 Å². The van der Waals surface area contributed by atoms with Gasteiger partial charge < -0.3 is 4.90 Å². The van der Waals surface area contributed by atoms with Crippen LogP contribution in [-0.4, -0.2) is 23.5 Å². The van der Waals surface area contributed by atoms with Gasteiger partial charge in [-0.3, -0.25) is 10.1 Å². The lowest BCUT2D eigenvalue weighted by Gasteiger charge is -2.17. The summed E-state index contributed by atoms with van der Waals surface area (Å²) in [7, 11) is 1.81. The van der Waals surface area contributed by atoms with Crippen LogP contribution in [0.5, 0.6) is 0 Å². The molecule has 0 saturated carbocycles. The normalized spacial score (nSPS) is 9.90. The Morgan fingerprint density at radius 2 is 2.00 bits per heavy atom. The average Bonchev–Trinajstić information content (AvgIpc) is 2.52. The van der Waals surface area contributed by atoms with E-state index in [1.807, 2.05) is 18.2 Å². The van der Waals surface area contributed by atoms with E-state index in [-0.39, 0.29) is 5.69 Å². The highest BCUT2D eigenvalue weighted by atomic mass is 16.6. The van der Waals surface area contributed by atoms with Gasteiger partial charge in [0.1, 0.15) is 5.82 Å². The minimum absolute atomic E-state index is 0.0290. The summed E-state index contributed by atoms with van der Waals surface area (Å²) in [6.07, 6.45) is 0.371. The molecule has 0 amide bonds. The zero-order valence-corrected chi connectivity index (χ0v) is 11.6. The molecule has 2 rings (SSSR count). The van der Waals surface area contributed by atoms with Crippen molar-refractivity contribution in [3.05, 3.63) is 52.6 Å². The molecule has 2 aromatic rings.